The van der Waals surface area contributed by atoms with E-state index >= 15 is 0 Å². The fourth-order valence-electron chi connectivity index (χ4n) is 2.35. The van der Waals surface area contributed by atoms with Crippen LogP contribution in [0, 0.1) is 17.6 Å². The number of rotatable bonds is 3. The molecule has 19 heavy (non-hydrogen) atoms. The highest BCUT2D eigenvalue weighted by atomic mass is 32.2. The Hall–Kier alpha value is -1.01. The Labute approximate surface area is 112 Å². The molecule has 0 saturated heterocycles. The van der Waals surface area contributed by atoms with Crippen LogP contribution in [0.15, 0.2) is 23.1 Å². The minimum Gasteiger partial charge on any atom is -0.208 e. The monoisotopic (exact) mass is 289 g/mol. The molecule has 0 amide bonds. The molecule has 6 heteroatoms. The lowest BCUT2D eigenvalue weighted by Crippen LogP contribution is -2.37. The molecular weight excluding hydrogens is 272 g/mol. The molecule has 0 radical (unpaired) electrons. The minimum absolute atomic E-state index is 0.161. The molecule has 1 aliphatic rings. The van der Waals surface area contributed by atoms with Crippen molar-refractivity contribution >= 4 is 10.0 Å². The van der Waals surface area contributed by atoms with Crippen molar-refractivity contribution in [3.05, 3.63) is 29.8 Å². The van der Waals surface area contributed by atoms with Gasteiger partial charge in [-0.05, 0) is 43.7 Å². The highest BCUT2D eigenvalue weighted by molar-refractivity contribution is 7.89. The van der Waals surface area contributed by atoms with E-state index in [1.165, 1.54) is 0 Å². The molecule has 1 fully saturated rings. The van der Waals surface area contributed by atoms with Gasteiger partial charge in [0.15, 0.2) is 0 Å². The number of hydrogen-bond acceptors (Lipinski definition) is 2. The van der Waals surface area contributed by atoms with Gasteiger partial charge in [0, 0.05) is 12.1 Å². The molecule has 0 heterocycles. The first-order valence-corrected chi connectivity index (χ1v) is 7.84. The molecule has 1 aromatic carbocycles. The first-order chi connectivity index (χ1) is 8.88. The second-order valence-electron chi connectivity index (χ2n) is 5.15. The maximum absolute atomic E-state index is 13.5. The third-order valence-electron chi connectivity index (χ3n) is 3.52. The van der Waals surface area contributed by atoms with Crippen molar-refractivity contribution < 1.29 is 17.2 Å². The number of sulfonamides is 1. The van der Waals surface area contributed by atoms with Gasteiger partial charge < -0.3 is 0 Å². The second-order valence-corrected chi connectivity index (χ2v) is 6.84. The molecule has 106 valence electrons. The van der Waals surface area contributed by atoms with Crippen LogP contribution >= 0.6 is 0 Å². The standard InChI is InChI=1S/C13H17F2NO2S/c1-9-2-5-11(6-3-9)16-19(17,18)13-7-4-10(14)8-12(13)15/h4,7-9,11,16H,2-3,5-6H2,1H3. The van der Waals surface area contributed by atoms with E-state index in [2.05, 4.69) is 11.6 Å². The van der Waals surface area contributed by atoms with E-state index in [1.807, 2.05) is 0 Å². The average Bonchev–Trinajstić information content (AvgIpc) is 2.31. The van der Waals surface area contributed by atoms with E-state index < -0.39 is 26.6 Å². The summed E-state index contributed by atoms with van der Waals surface area (Å²) in [4.78, 5) is -0.493. The molecule has 0 aromatic heterocycles. The maximum Gasteiger partial charge on any atom is 0.243 e. The van der Waals surface area contributed by atoms with Crippen molar-refractivity contribution in [1.82, 2.24) is 4.72 Å². The molecule has 0 unspecified atom stereocenters. The van der Waals surface area contributed by atoms with Gasteiger partial charge in [0.1, 0.15) is 16.5 Å². The van der Waals surface area contributed by atoms with Crippen LogP contribution in [0.25, 0.3) is 0 Å². The minimum atomic E-state index is -3.92. The molecule has 1 saturated carbocycles. The number of benzene rings is 1. The van der Waals surface area contributed by atoms with Gasteiger partial charge in [0.05, 0.1) is 0 Å². The summed E-state index contributed by atoms with van der Waals surface area (Å²) < 4.78 is 52.9. The molecular formula is C13H17F2NO2S. The van der Waals surface area contributed by atoms with E-state index in [1.54, 1.807) is 0 Å². The first kappa shape index (κ1) is 14.4. The summed E-state index contributed by atoms with van der Waals surface area (Å²) in [6, 6.07) is 2.32. The fraction of sp³-hybridized carbons (Fsp3) is 0.538. The number of halogens is 2. The predicted molar refractivity (Wildman–Crippen MR) is 68.1 cm³/mol. The molecule has 1 aromatic rings. The molecule has 0 aliphatic heterocycles. The van der Waals surface area contributed by atoms with E-state index in [9.17, 15) is 17.2 Å². The predicted octanol–water partition coefficient (Wildman–Crippen LogP) is 2.82. The first-order valence-electron chi connectivity index (χ1n) is 6.36. The van der Waals surface area contributed by atoms with Crippen LogP contribution in [0.1, 0.15) is 32.6 Å². The van der Waals surface area contributed by atoms with Crippen LogP contribution in [0.5, 0.6) is 0 Å². The molecule has 2 rings (SSSR count). The SMILES string of the molecule is CC1CCC(NS(=O)(=O)c2ccc(F)cc2F)CC1. The third kappa shape index (κ3) is 3.51. The van der Waals surface area contributed by atoms with Crippen molar-refractivity contribution in [1.29, 1.82) is 0 Å². The van der Waals surface area contributed by atoms with E-state index in [0.717, 1.165) is 37.8 Å². The van der Waals surface area contributed by atoms with Crippen molar-refractivity contribution in [3.8, 4) is 0 Å². The van der Waals surface area contributed by atoms with E-state index in [-0.39, 0.29) is 6.04 Å². The summed E-state index contributed by atoms with van der Waals surface area (Å²) in [5.41, 5.74) is 0. The lowest BCUT2D eigenvalue weighted by Gasteiger charge is -2.26. The summed E-state index contributed by atoms with van der Waals surface area (Å²) in [6.45, 7) is 2.13. The van der Waals surface area contributed by atoms with Gasteiger partial charge in [-0.3, -0.25) is 0 Å². The molecule has 0 atom stereocenters. The van der Waals surface area contributed by atoms with Crippen molar-refractivity contribution in [2.75, 3.05) is 0 Å². The third-order valence-corrected chi connectivity index (χ3v) is 5.07. The van der Waals surface area contributed by atoms with E-state index in [0.29, 0.717) is 12.0 Å². The van der Waals surface area contributed by atoms with Crippen LogP contribution in [0.4, 0.5) is 8.78 Å². The zero-order valence-corrected chi connectivity index (χ0v) is 11.5. The van der Waals surface area contributed by atoms with Gasteiger partial charge in [-0.2, -0.15) is 0 Å². The zero-order valence-electron chi connectivity index (χ0n) is 10.7. The molecule has 1 N–H and O–H groups in total. The Morgan fingerprint density at radius 3 is 2.37 bits per heavy atom. The fourth-order valence-corrected chi connectivity index (χ4v) is 3.72. The van der Waals surface area contributed by atoms with Gasteiger partial charge in [-0.25, -0.2) is 21.9 Å². The summed E-state index contributed by atoms with van der Waals surface area (Å²) in [6.07, 6.45) is 3.42. The molecule has 3 nitrogen and oxygen atoms in total. The van der Waals surface area contributed by atoms with Crippen molar-refractivity contribution in [2.24, 2.45) is 5.92 Å². The Morgan fingerprint density at radius 2 is 1.79 bits per heavy atom. The zero-order chi connectivity index (χ0) is 14.0. The Kier molecular flexibility index (Phi) is 4.20. The average molecular weight is 289 g/mol. The van der Waals surface area contributed by atoms with Crippen molar-refractivity contribution in [3.63, 3.8) is 0 Å². The van der Waals surface area contributed by atoms with Crippen molar-refractivity contribution in [2.45, 2.75) is 43.5 Å². The summed E-state index contributed by atoms with van der Waals surface area (Å²) in [7, 11) is -3.92. The van der Waals surface area contributed by atoms with Gasteiger partial charge in [0.2, 0.25) is 10.0 Å². The molecule has 0 bridgehead atoms. The van der Waals surface area contributed by atoms with Gasteiger partial charge in [-0.1, -0.05) is 6.92 Å². The van der Waals surface area contributed by atoms with E-state index in [4.69, 9.17) is 0 Å². The van der Waals surface area contributed by atoms with Crippen LogP contribution in [0.3, 0.4) is 0 Å². The highest BCUT2D eigenvalue weighted by Crippen LogP contribution is 2.25. The largest absolute Gasteiger partial charge is 0.243 e. The topological polar surface area (TPSA) is 46.2 Å². The molecule has 0 spiro atoms. The highest BCUT2D eigenvalue weighted by Gasteiger charge is 2.26. The number of nitrogens with one attached hydrogen (secondary N) is 1. The van der Waals surface area contributed by atoms with Gasteiger partial charge in [-0.15, -0.1) is 0 Å². The van der Waals surface area contributed by atoms with Crippen LogP contribution in [0.2, 0.25) is 0 Å². The summed E-state index contributed by atoms with van der Waals surface area (Å²) in [5, 5.41) is 0. The second kappa shape index (κ2) is 5.54. The Morgan fingerprint density at radius 1 is 1.16 bits per heavy atom. The lowest BCUT2D eigenvalue weighted by molar-refractivity contribution is 0.332. The van der Waals surface area contributed by atoms with Gasteiger partial charge >= 0.3 is 0 Å². The summed E-state index contributed by atoms with van der Waals surface area (Å²) in [5.74, 6) is -1.25. The van der Waals surface area contributed by atoms with Gasteiger partial charge in [0.25, 0.3) is 0 Å². The normalized spacial score (nSPS) is 24.4. The quantitative estimate of drug-likeness (QED) is 0.930. The summed E-state index contributed by atoms with van der Waals surface area (Å²) >= 11 is 0. The van der Waals surface area contributed by atoms with Crippen LogP contribution < -0.4 is 4.72 Å². The van der Waals surface area contributed by atoms with Crippen LogP contribution in [-0.4, -0.2) is 14.5 Å². The number of hydrogen-bond donors (Lipinski definition) is 1. The maximum atomic E-state index is 13.5. The Bertz CT molecular complexity index is 552. The Balaban J connectivity index is 2.14. The lowest BCUT2D eigenvalue weighted by atomic mass is 9.88. The molecule has 1 aliphatic carbocycles. The van der Waals surface area contributed by atoms with Crippen LogP contribution in [-0.2, 0) is 10.0 Å². The smallest absolute Gasteiger partial charge is 0.208 e.